The lowest BCUT2D eigenvalue weighted by atomic mass is 9.59. The van der Waals surface area contributed by atoms with Crippen molar-refractivity contribution in [3.05, 3.63) is 11.1 Å². The maximum absolute atomic E-state index is 11.8. The van der Waals surface area contributed by atoms with Crippen molar-refractivity contribution >= 4 is 5.97 Å². The summed E-state index contributed by atoms with van der Waals surface area (Å²) in [5.41, 5.74) is 4.10. The van der Waals surface area contributed by atoms with Gasteiger partial charge < -0.3 is 4.74 Å². The predicted molar refractivity (Wildman–Crippen MR) is 66.4 cm³/mol. The second-order valence-corrected chi connectivity index (χ2v) is 6.56. The van der Waals surface area contributed by atoms with Gasteiger partial charge in [0.15, 0.2) is 0 Å². The van der Waals surface area contributed by atoms with Gasteiger partial charge in [-0.2, -0.15) is 0 Å². The van der Waals surface area contributed by atoms with Gasteiger partial charge in [0, 0.05) is 5.41 Å². The molecule has 17 heavy (non-hydrogen) atoms. The third-order valence-corrected chi connectivity index (χ3v) is 5.55. The van der Waals surface area contributed by atoms with Gasteiger partial charge in [0.05, 0.1) is 13.0 Å². The molecule has 2 fully saturated rings. The Balaban J connectivity index is 1.87. The second kappa shape index (κ2) is 3.37. The molecule has 0 heterocycles. The molecule has 2 nitrogen and oxygen atoms in total. The van der Waals surface area contributed by atoms with Gasteiger partial charge >= 0.3 is 5.97 Å². The number of hydrogen-bond acceptors (Lipinski definition) is 2. The van der Waals surface area contributed by atoms with E-state index in [4.69, 9.17) is 4.74 Å². The third-order valence-electron chi connectivity index (χ3n) is 5.55. The average Bonchev–Trinajstić information content (AvgIpc) is 2.98. The number of carbonyl (C=O) groups excluding carboxylic acids is 1. The Hall–Kier alpha value is -0.790. The van der Waals surface area contributed by atoms with Crippen LogP contribution >= 0.6 is 0 Å². The highest BCUT2D eigenvalue weighted by atomic mass is 16.5. The van der Waals surface area contributed by atoms with E-state index in [1.807, 2.05) is 0 Å². The Kier molecular flexibility index (Phi) is 2.24. The quantitative estimate of drug-likeness (QED) is 0.513. The molecule has 3 rings (SSSR count). The molecule has 0 radical (unpaired) electrons. The lowest BCUT2D eigenvalue weighted by Gasteiger charge is -2.44. The molecule has 0 aromatic rings. The number of carbonyl (C=O) groups is 1. The standard InChI is InChI=1S/C15H22O2/c1-14(2)8-4-5-11-12-7-6-10(13(16)17-3)9-15(11,12)14/h10H,4-9H2,1-3H3/t10?,15-/m0/s1. The highest BCUT2D eigenvalue weighted by molar-refractivity contribution is 5.74. The molecule has 2 saturated carbocycles. The molecule has 94 valence electrons. The van der Waals surface area contributed by atoms with Crippen molar-refractivity contribution in [3.63, 3.8) is 0 Å². The lowest BCUT2D eigenvalue weighted by molar-refractivity contribution is -0.147. The fraction of sp³-hybridized carbons (Fsp3) is 0.800. The zero-order chi connectivity index (χ0) is 12.3. The lowest BCUT2D eigenvalue weighted by Crippen LogP contribution is -2.38. The molecule has 0 saturated heterocycles. The van der Waals surface area contributed by atoms with E-state index in [0.717, 1.165) is 19.3 Å². The van der Waals surface area contributed by atoms with E-state index >= 15 is 0 Å². The minimum Gasteiger partial charge on any atom is -0.469 e. The van der Waals surface area contributed by atoms with Gasteiger partial charge in [0.25, 0.3) is 0 Å². The largest absolute Gasteiger partial charge is 0.469 e. The van der Waals surface area contributed by atoms with Crippen molar-refractivity contribution in [3.8, 4) is 0 Å². The van der Waals surface area contributed by atoms with Gasteiger partial charge in [-0.1, -0.05) is 25.0 Å². The fourth-order valence-corrected chi connectivity index (χ4v) is 4.59. The highest BCUT2D eigenvalue weighted by Gasteiger charge is 2.64. The molecular weight excluding hydrogens is 212 g/mol. The Bertz CT molecular complexity index is 397. The van der Waals surface area contributed by atoms with Crippen LogP contribution in [0.1, 0.15) is 52.4 Å². The van der Waals surface area contributed by atoms with Crippen LogP contribution in [0.15, 0.2) is 11.1 Å². The normalized spacial score (nSPS) is 38.2. The summed E-state index contributed by atoms with van der Waals surface area (Å²) in [6, 6.07) is 0. The summed E-state index contributed by atoms with van der Waals surface area (Å²) in [5.74, 6) is 0.143. The molecule has 1 unspecified atom stereocenters. The summed E-state index contributed by atoms with van der Waals surface area (Å²) in [6.45, 7) is 4.78. The van der Waals surface area contributed by atoms with Crippen LogP contribution in [-0.2, 0) is 9.53 Å². The number of hydrogen-bond donors (Lipinski definition) is 0. The van der Waals surface area contributed by atoms with Crippen LogP contribution in [0.5, 0.6) is 0 Å². The van der Waals surface area contributed by atoms with E-state index in [9.17, 15) is 4.79 Å². The summed E-state index contributed by atoms with van der Waals surface area (Å²) < 4.78 is 4.94. The average molecular weight is 234 g/mol. The molecule has 1 spiro atoms. The molecule has 3 aliphatic rings. The van der Waals surface area contributed by atoms with Gasteiger partial charge in [-0.05, 0) is 43.9 Å². The summed E-state index contributed by atoms with van der Waals surface area (Å²) in [7, 11) is 1.52. The molecule has 0 N–H and O–H groups in total. The number of methoxy groups -OCH3 is 1. The van der Waals surface area contributed by atoms with Gasteiger partial charge in [0.1, 0.15) is 0 Å². The predicted octanol–water partition coefficient (Wildman–Crippen LogP) is 3.47. The van der Waals surface area contributed by atoms with Crippen LogP contribution in [0, 0.1) is 16.7 Å². The van der Waals surface area contributed by atoms with Crippen LogP contribution in [0.3, 0.4) is 0 Å². The van der Waals surface area contributed by atoms with Crippen molar-refractivity contribution in [1.29, 1.82) is 0 Å². The molecule has 0 aliphatic heterocycles. The van der Waals surface area contributed by atoms with Crippen molar-refractivity contribution in [2.75, 3.05) is 7.11 Å². The molecule has 0 amide bonds. The van der Waals surface area contributed by atoms with Crippen molar-refractivity contribution in [1.82, 2.24) is 0 Å². The van der Waals surface area contributed by atoms with Crippen molar-refractivity contribution < 1.29 is 9.53 Å². The van der Waals surface area contributed by atoms with Crippen LogP contribution < -0.4 is 0 Å². The van der Waals surface area contributed by atoms with Crippen molar-refractivity contribution in [2.24, 2.45) is 16.7 Å². The molecule has 3 aliphatic carbocycles. The molecule has 2 atom stereocenters. The first-order chi connectivity index (χ1) is 8.03. The minimum absolute atomic E-state index is 0.00560. The van der Waals surface area contributed by atoms with Gasteiger partial charge in [-0.3, -0.25) is 4.79 Å². The smallest absolute Gasteiger partial charge is 0.308 e. The second-order valence-electron chi connectivity index (χ2n) is 6.56. The van der Waals surface area contributed by atoms with E-state index in [1.54, 1.807) is 11.1 Å². The molecule has 0 aromatic carbocycles. The van der Waals surface area contributed by atoms with E-state index < -0.39 is 0 Å². The highest BCUT2D eigenvalue weighted by Crippen LogP contribution is 2.74. The topological polar surface area (TPSA) is 26.3 Å². The molecule has 0 bridgehead atoms. The number of ether oxygens (including phenoxy) is 1. The maximum Gasteiger partial charge on any atom is 0.308 e. The minimum atomic E-state index is 0.00560. The Morgan fingerprint density at radius 3 is 2.71 bits per heavy atom. The fourth-order valence-electron chi connectivity index (χ4n) is 4.59. The monoisotopic (exact) mass is 234 g/mol. The zero-order valence-electron chi connectivity index (χ0n) is 11.1. The van der Waals surface area contributed by atoms with Crippen LogP contribution in [0.2, 0.25) is 0 Å². The summed E-state index contributed by atoms with van der Waals surface area (Å²) in [6.07, 6.45) is 7.08. The van der Waals surface area contributed by atoms with Gasteiger partial charge in [-0.15, -0.1) is 0 Å². The van der Waals surface area contributed by atoms with Gasteiger partial charge in [-0.25, -0.2) is 0 Å². The third kappa shape index (κ3) is 1.30. The van der Waals surface area contributed by atoms with E-state index in [-0.39, 0.29) is 11.9 Å². The molecule has 0 aromatic heterocycles. The van der Waals surface area contributed by atoms with E-state index in [2.05, 4.69) is 13.8 Å². The Morgan fingerprint density at radius 2 is 2.00 bits per heavy atom. The Labute approximate surface area is 103 Å². The number of allylic oxidation sites excluding steroid dienone is 2. The first-order valence-electron chi connectivity index (χ1n) is 6.84. The van der Waals surface area contributed by atoms with Crippen LogP contribution in [0.25, 0.3) is 0 Å². The first kappa shape index (κ1) is 11.3. The maximum atomic E-state index is 11.8. The van der Waals surface area contributed by atoms with Crippen LogP contribution in [0.4, 0.5) is 0 Å². The van der Waals surface area contributed by atoms with E-state index in [1.165, 1.54) is 26.4 Å². The summed E-state index contributed by atoms with van der Waals surface area (Å²) in [5, 5.41) is 0. The van der Waals surface area contributed by atoms with Gasteiger partial charge in [0.2, 0.25) is 0 Å². The van der Waals surface area contributed by atoms with Crippen LogP contribution in [-0.4, -0.2) is 13.1 Å². The molecular formula is C15H22O2. The summed E-state index contributed by atoms with van der Waals surface area (Å²) >= 11 is 0. The number of rotatable bonds is 1. The SMILES string of the molecule is COC(=O)C1CCC2=C3CCCC(C)(C)[C@@]32C1. The zero-order valence-corrected chi connectivity index (χ0v) is 11.1. The first-order valence-corrected chi connectivity index (χ1v) is 6.84. The molecule has 2 heteroatoms. The Morgan fingerprint density at radius 1 is 1.29 bits per heavy atom. The number of esters is 1. The summed E-state index contributed by atoms with van der Waals surface area (Å²) in [4.78, 5) is 11.8. The van der Waals surface area contributed by atoms with Crippen molar-refractivity contribution in [2.45, 2.75) is 52.4 Å². The van der Waals surface area contributed by atoms with E-state index in [0.29, 0.717) is 10.8 Å².